The summed E-state index contributed by atoms with van der Waals surface area (Å²) in [5.41, 5.74) is 3.58. The normalized spacial score (nSPS) is 12.5. The van der Waals surface area contributed by atoms with Gasteiger partial charge in [-0.3, -0.25) is 0 Å². The predicted molar refractivity (Wildman–Crippen MR) is 146 cm³/mol. The molecule has 0 radical (unpaired) electrons. The van der Waals surface area contributed by atoms with E-state index in [9.17, 15) is 13.5 Å². The van der Waals surface area contributed by atoms with E-state index in [1.807, 2.05) is 53.1 Å². The molecule has 35 heavy (non-hydrogen) atoms. The molecule has 4 nitrogen and oxygen atoms in total. The van der Waals surface area contributed by atoms with Crippen molar-refractivity contribution in [3.63, 3.8) is 0 Å². The van der Waals surface area contributed by atoms with Gasteiger partial charge in [0, 0.05) is 20.8 Å². The van der Waals surface area contributed by atoms with Crippen LogP contribution in [0.5, 0.6) is 5.75 Å². The zero-order valence-electron chi connectivity index (χ0n) is 19.8. The fraction of sp³-hybridized carbons (Fsp3) is 0.172. The fourth-order valence-corrected chi connectivity index (χ4v) is 6.11. The second-order valence-corrected chi connectivity index (χ2v) is 12.7. The molecule has 0 aliphatic heterocycles. The summed E-state index contributed by atoms with van der Waals surface area (Å²) >= 11 is 3.36. The van der Waals surface area contributed by atoms with Gasteiger partial charge in [0.05, 0.1) is 27.4 Å². The first-order chi connectivity index (χ1) is 16.6. The van der Waals surface area contributed by atoms with E-state index in [4.69, 9.17) is 0 Å². The molecule has 0 saturated carbocycles. The minimum Gasteiger partial charge on any atom is -0.505 e. The van der Waals surface area contributed by atoms with E-state index in [2.05, 4.69) is 48.8 Å². The number of benzene rings is 4. The van der Waals surface area contributed by atoms with E-state index in [-0.39, 0.29) is 21.8 Å². The number of aromatic hydroxyl groups is 1. The molecule has 0 unspecified atom stereocenters. The Morgan fingerprint density at radius 3 is 1.91 bits per heavy atom. The lowest BCUT2D eigenvalue weighted by Gasteiger charge is -2.23. The average molecular weight is 549 g/mol. The molecule has 4 aromatic carbocycles. The first kappa shape index (κ1) is 23.6. The van der Waals surface area contributed by atoms with Gasteiger partial charge in [-0.1, -0.05) is 79.2 Å². The van der Waals surface area contributed by atoms with Crippen LogP contribution in [-0.2, 0) is 21.0 Å². The third-order valence-electron chi connectivity index (χ3n) is 6.37. The van der Waals surface area contributed by atoms with Crippen LogP contribution in [0.25, 0.3) is 27.5 Å². The highest BCUT2D eigenvalue weighted by atomic mass is 79.9. The van der Waals surface area contributed by atoms with Crippen molar-refractivity contribution in [3.05, 3.63) is 101 Å². The second-order valence-electron chi connectivity index (χ2n) is 9.84. The molecule has 0 aliphatic rings. The number of para-hydroxylation sites is 2. The van der Waals surface area contributed by atoms with E-state index in [1.54, 1.807) is 24.3 Å². The van der Waals surface area contributed by atoms with Crippen LogP contribution in [0.3, 0.4) is 0 Å². The smallest absolute Gasteiger partial charge is 0.182 e. The van der Waals surface area contributed by atoms with Gasteiger partial charge in [0.2, 0.25) is 0 Å². The zero-order valence-corrected chi connectivity index (χ0v) is 22.2. The minimum absolute atomic E-state index is 0.0230. The van der Waals surface area contributed by atoms with Crippen LogP contribution in [0.1, 0.15) is 31.9 Å². The third-order valence-corrected chi connectivity index (χ3v) is 8.58. The minimum atomic E-state index is -3.68. The van der Waals surface area contributed by atoms with Crippen LogP contribution in [0.4, 0.5) is 0 Å². The number of phenolic OH excluding ortho intramolecular Hbond substituents is 1. The molecule has 0 aliphatic carbocycles. The summed E-state index contributed by atoms with van der Waals surface area (Å²) in [4.78, 5) is 0.222. The Bertz CT molecular complexity index is 1620. The summed E-state index contributed by atoms with van der Waals surface area (Å²) in [5.74, 6) is -0.320. The predicted octanol–water partition coefficient (Wildman–Crippen LogP) is 7.52. The Morgan fingerprint density at radius 2 is 1.37 bits per heavy atom. The molecule has 0 spiro atoms. The molecule has 0 bridgehead atoms. The number of fused-ring (bicyclic) bond motifs is 3. The van der Waals surface area contributed by atoms with Crippen LogP contribution in [-0.4, -0.2) is 18.1 Å². The number of halogens is 1. The molecule has 0 fully saturated rings. The molecule has 5 aromatic rings. The standard InChI is InChI=1S/C29H26BrNO3S/c1-29(2,3)20-16-19(18-35(33,34)22-14-12-21(30)13-15-22)28(32)27(17-20)31-25-10-6-4-8-23(25)24-9-5-7-11-26(24)31/h4-17,32H,18H2,1-3H3. The van der Waals surface area contributed by atoms with E-state index in [1.165, 1.54) is 0 Å². The van der Waals surface area contributed by atoms with Crippen LogP contribution in [0.15, 0.2) is 94.3 Å². The summed E-state index contributed by atoms with van der Waals surface area (Å²) in [6.45, 7) is 6.26. The average Bonchev–Trinajstić information content (AvgIpc) is 3.14. The van der Waals surface area contributed by atoms with Crippen LogP contribution in [0.2, 0.25) is 0 Å². The van der Waals surface area contributed by atoms with Gasteiger partial charge in [-0.05, 0) is 53.4 Å². The van der Waals surface area contributed by atoms with Gasteiger partial charge < -0.3 is 9.67 Å². The summed E-state index contributed by atoms with van der Waals surface area (Å²) in [6, 6.07) is 26.5. The van der Waals surface area contributed by atoms with Crippen molar-refractivity contribution in [3.8, 4) is 11.4 Å². The summed E-state index contributed by atoms with van der Waals surface area (Å²) in [7, 11) is -3.68. The second kappa shape index (κ2) is 8.54. The van der Waals surface area contributed by atoms with Crippen molar-refractivity contribution in [1.82, 2.24) is 4.57 Å². The lowest BCUT2D eigenvalue weighted by Crippen LogP contribution is -2.14. The quantitative estimate of drug-likeness (QED) is 0.253. The van der Waals surface area contributed by atoms with Gasteiger partial charge in [0.15, 0.2) is 9.84 Å². The zero-order chi connectivity index (χ0) is 25.0. The highest BCUT2D eigenvalue weighted by Crippen LogP contribution is 2.40. The molecular weight excluding hydrogens is 522 g/mol. The lowest BCUT2D eigenvalue weighted by molar-refractivity contribution is 0.466. The summed E-state index contributed by atoms with van der Waals surface area (Å²) in [6.07, 6.45) is 0. The number of rotatable bonds is 4. The van der Waals surface area contributed by atoms with Crippen LogP contribution in [0, 0.1) is 0 Å². The Kier molecular flexibility index (Phi) is 5.77. The number of hydrogen-bond acceptors (Lipinski definition) is 3. The topological polar surface area (TPSA) is 59.3 Å². The third kappa shape index (κ3) is 4.26. The molecule has 1 aromatic heterocycles. The van der Waals surface area contributed by atoms with Crippen molar-refractivity contribution in [2.24, 2.45) is 0 Å². The molecule has 1 N–H and O–H groups in total. The van der Waals surface area contributed by atoms with Gasteiger partial charge in [-0.25, -0.2) is 8.42 Å². The molecular formula is C29H26BrNO3S. The monoisotopic (exact) mass is 547 g/mol. The number of hydrogen-bond donors (Lipinski definition) is 1. The lowest BCUT2D eigenvalue weighted by atomic mass is 9.85. The highest BCUT2D eigenvalue weighted by molar-refractivity contribution is 9.10. The van der Waals surface area contributed by atoms with Gasteiger partial charge in [0.1, 0.15) is 5.75 Å². The number of sulfone groups is 1. The van der Waals surface area contributed by atoms with Crippen molar-refractivity contribution in [1.29, 1.82) is 0 Å². The maximum absolute atomic E-state index is 13.3. The SMILES string of the molecule is CC(C)(C)c1cc(CS(=O)(=O)c2ccc(Br)cc2)c(O)c(-n2c3ccccc3c3ccccc32)c1. The maximum atomic E-state index is 13.3. The number of phenols is 1. The number of nitrogens with zero attached hydrogens (tertiary/aromatic N) is 1. The van der Waals surface area contributed by atoms with Crippen molar-refractivity contribution >= 4 is 47.6 Å². The van der Waals surface area contributed by atoms with E-state index in [0.717, 1.165) is 31.8 Å². The van der Waals surface area contributed by atoms with Crippen molar-refractivity contribution in [2.45, 2.75) is 36.8 Å². The summed E-state index contributed by atoms with van der Waals surface area (Å²) < 4.78 is 29.5. The van der Waals surface area contributed by atoms with E-state index >= 15 is 0 Å². The Balaban J connectivity index is 1.77. The molecule has 5 rings (SSSR count). The Morgan fingerprint density at radius 1 is 0.829 bits per heavy atom. The highest BCUT2D eigenvalue weighted by Gasteiger charge is 2.25. The number of aromatic nitrogens is 1. The summed E-state index contributed by atoms with van der Waals surface area (Å²) in [5, 5.41) is 13.7. The molecule has 178 valence electrons. The van der Waals surface area contributed by atoms with Gasteiger partial charge in [0.25, 0.3) is 0 Å². The van der Waals surface area contributed by atoms with Gasteiger partial charge in [-0.2, -0.15) is 0 Å². The molecule has 6 heteroatoms. The maximum Gasteiger partial charge on any atom is 0.182 e. The molecule has 0 atom stereocenters. The Hall–Kier alpha value is -3.09. The Labute approximate surface area is 213 Å². The first-order valence-electron chi connectivity index (χ1n) is 11.4. The molecule has 1 heterocycles. The molecule has 0 amide bonds. The van der Waals surface area contributed by atoms with Gasteiger partial charge >= 0.3 is 0 Å². The van der Waals surface area contributed by atoms with Crippen LogP contribution < -0.4 is 0 Å². The molecule has 0 saturated heterocycles. The fourth-order valence-electron chi connectivity index (χ4n) is 4.50. The van der Waals surface area contributed by atoms with Crippen molar-refractivity contribution < 1.29 is 13.5 Å². The van der Waals surface area contributed by atoms with E-state index in [0.29, 0.717) is 11.3 Å². The van der Waals surface area contributed by atoms with Crippen molar-refractivity contribution in [2.75, 3.05) is 0 Å². The van der Waals surface area contributed by atoms with E-state index < -0.39 is 9.84 Å². The first-order valence-corrected chi connectivity index (χ1v) is 13.8. The van der Waals surface area contributed by atoms with Gasteiger partial charge in [-0.15, -0.1) is 0 Å². The largest absolute Gasteiger partial charge is 0.505 e. The van der Waals surface area contributed by atoms with Crippen LogP contribution >= 0.6 is 15.9 Å².